The van der Waals surface area contributed by atoms with Crippen molar-refractivity contribution < 1.29 is 9.47 Å². The van der Waals surface area contributed by atoms with E-state index >= 15 is 0 Å². The summed E-state index contributed by atoms with van der Waals surface area (Å²) >= 11 is 0. The van der Waals surface area contributed by atoms with Crippen LogP contribution in [-0.4, -0.2) is 19.0 Å². The van der Waals surface area contributed by atoms with Gasteiger partial charge < -0.3 is 9.47 Å². The molecule has 1 aliphatic carbocycles. The second kappa shape index (κ2) is 6.68. The van der Waals surface area contributed by atoms with Crippen LogP contribution in [0.1, 0.15) is 40.0 Å². The van der Waals surface area contributed by atoms with Crippen LogP contribution in [-0.2, 0) is 9.47 Å². The Kier molecular flexibility index (Phi) is 6.82. The number of hydrogen-bond donors (Lipinski definition) is 0. The third kappa shape index (κ3) is 3.49. The Bertz CT molecular complexity index is 130. The lowest BCUT2D eigenvalue weighted by atomic mass is 9.87. The van der Waals surface area contributed by atoms with Gasteiger partial charge in [-0.1, -0.05) is 20.8 Å². The summed E-state index contributed by atoms with van der Waals surface area (Å²) in [5.74, 6) is 0.836. The van der Waals surface area contributed by atoms with E-state index in [0.29, 0.717) is 19.0 Å². The number of ether oxygens (including phenoxy) is 2. The van der Waals surface area contributed by atoms with Crippen molar-refractivity contribution in [2.75, 3.05) is 6.79 Å². The maximum absolute atomic E-state index is 5.41. The minimum absolute atomic E-state index is 0. The summed E-state index contributed by atoms with van der Waals surface area (Å²) in [6, 6.07) is 0. The molecule has 0 spiro atoms. The lowest BCUT2D eigenvalue weighted by Gasteiger charge is -2.26. The first-order valence-electron chi connectivity index (χ1n) is 5.09. The smallest absolute Gasteiger partial charge is 0.147 e. The van der Waals surface area contributed by atoms with Crippen molar-refractivity contribution in [3.8, 4) is 0 Å². The average molecular weight is 206 g/mol. The standard InChI is InChI=1S/C8H14O2.C2H6.H2S/c1-6-2-3-7-8(4-6)10-5-9-7;1-2;/h6-8H,2-5H2,1H3;1-2H3;1H2. The van der Waals surface area contributed by atoms with E-state index in [0.717, 1.165) is 5.92 Å². The Hall–Kier alpha value is 0.270. The van der Waals surface area contributed by atoms with Crippen LogP contribution in [0.2, 0.25) is 0 Å². The molecular formula is C10H22O2S. The molecule has 13 heavy (non-hydrogen) atoms. The van der Waals surface area contributed by atoms with Crippen molar-refractivity contribution >= 4 is 13.5 Å². The Morgan fingerprint density at radius 1 is 1.00 bits per heavy atom. The molecule has 2 aliphatic rings. The van der Waals surface area contributed by atoms with Crippen molar-refractivity contribution in [3.05, 3.63) is 0 Å². The van der Waals surface area contributed by atoms with Crippen LogP contribution >= 0.6 is 13.5 Å². The normalized spacial score (nSPS) is 36.7. The fourth-order valence-corrected chi connectivity index (χ4v) is 1.88. The number of fused-ring (bicyclic) bond motifs is 1. The molecule has 1 aliphatic heterocycles. The maximum Gasteiger partial charge on any atom is 0.147 e. The van der Waals surface area contributed by atoms with E-state index in [-0.39, 0.29) is 13.5 Å². The second-order valence-electron chi connectivity index (χ2n) is 3.45. The van der Waals surface area contributed by atoms with E-state index in [1.54, 1.807) is 0 Å². The van der Waals surface area contributed by atoms with Crippen LogP contribution in [0.25, 0.3) is 0 Å². The van der Waals surface area contributed by atoms with Gasteiger partial charge in [-0.15, -0.1) is 0 Å². The molecule has 0 aromatic heterocycles. The minimum atomic E-state index is 0. The number of rotatable bonds is 0. The molecule has 0 amide bonds. The molecule has 3 atom stereocenters. The molecule has 80 valence electrons. The molecule has 0 bridgehead atoms. The minimum Gasteiger partial charge on any atom is -0.349 e. The molecule has 1 saturated heterocycles. The molecule has 0 aromatic carbocycles. The summed E-state index contributed by atoms with van der Waals surface area (Å²) in [4.78, 5) is 0. The highest BCUT2D eigenvalue weighted by Crippen LogP contribution is 2.31. The summed E-state index contributed by atoms with van der Waals surface area (Å²) in [5, 5.41) is 0. The van der Waals surface area contributed by atoms with E-state index in [9.17, 15) is 0 Å². The van der Waals surface area contributed by atoms with Crippen molar-refractivity contribution in [1.82, 2.24) is 0 Å². The highest BCUT2D eigenvalue weighted by molar-refractivity contribution is 7.59. The zero-order valence-corrected chi connectivity index (χ0v) is 9.88. The van der Waals surface area contributed by atoms with E-state index in [1.165, 1.54) is 19.3 Å². The third-order valence-electron chi connectivity index (χ3n) is 2.56. The Balaban J connectivity index is 0.000000451. The quantitative estimate of drug-likeness (QED) is 0.606. The van der Waals surface area contributed by atoms with E-state index in [2.05, 4.69) is 6.92 Å². The van der Waals surface area contributed by atoms with Crippen molar-refractivity contribution in [2.45, 2.75) is 52.2 Å². The van der Waals surface area contributed by atoms with Gasteiger partial charge in [-0.3, -0.25) is 0 Å². The van der Waals surface area contributed by atoms with Crippen LogP contribution in [0.5, 0.6) is 0 Å². The summed E-state index contributed by atoms with van der Waals surface area (Å²) in [6.45, 7) is 6.82. The van der Waals surface area contributed by atoms with Gasteiger partial charge in [0.05, 0.1) is 12.2 Å². The topological polar surface area (TPSA) is 18.5 Å². The van der Waals surface area contributed by atoms with Gasteiger partial charge in [0.25, 0.3) is 0 Å². The fraction of sp³-hybridized carbons (Fsp3) is 1.00. The Morgan fingerprint density at radius 3 is 2.31 bits per heavy atom. The van der Waals surface area contributed by atoms with Crippen molar-refractivity contribution in [1.29, 1.82) is 0 Å². The maximum atomic E-state index is 5.41. The molecule has 0 radical (unpaired) electrons. The first-order valence-corrected chi connectivity index (χ1v) is 5.09. The number of hydrogen-bond acceptors (Lipinski definition) is 2. The van der Waals surface area contributed by atoms with Gasteiger partial charge in [0.1, 0.15) is 6.79 Å². The molecule has 3 unspecified atom stereocenters. The summed E-state index contributed by atoms with van der Waals surface area (Å²) in [7, 11) is 0. The van der Waals surface area contributed by atoms with Gasteiger partial charge in [0, 0.05) is 0 Å². The van der Waals surface area contributed by atoms with Crippen LogP contribution in [0.3, 0.4) is 0 Å². The van der Waals surface area contributed by atoms with Gasteiger partial charge in [0.2, 0.25) is 0 Å². The molecular weight excluding hydrogens is 184 g/mol. The van der Waals surface area contributed by atoms with Gasteiger partial charge in [0.15, 0.2) is 0 Å². The van der Waals surface area contributed by atoms with Crippen molar-refractivity contribution in [3.63, 3.8) is 0 Å². The van der Waals surface area contributed by atoms with E-state index in [1.807, 2.05) is 13.8 Å². The van der Waals surface area contributed by atoms with Crippen LogP contribution < -0.4 is 0 Å². The lowest BCUT2D eigenvalue weighted by molar-refractivity contribution is 0.0390. The monoisotopic (exact) mass is 206 g/mol. The van der Waals surface area contributed by atoms with Crippen molar-refractivity contribution in [2.24, 2.45) is 5.92 Å². The molecule has 0 aromatic rings. The molecule has 1 saturated carbocycles. The molecule has 2 rings (SSSR count). The molecule has 0 N–H and O–H groups in total. The van der Waals surface area contributed by atoms with Gasteiger partial charge in [-0.05, 0) is 25.2 Å². The highest BCUT2D eigenvalue weighted by Gasteiger charge is 2.34. The lowest BCUT2D eigenvalue weighted by Crippen LogP contribution is -2.29. The average Bonchev–Trinajstić information content (AvgIpc) is 2.54. The zero-order chi connectivity index (χ0) is 8.97. The van der Waals surface area contributed by atoms with E-state index in [4.69, 9.17) is 9.47 Å². The van der Waals surface area contributed by atoms with Gasteiger partial charge >= 0.3 is 0 Å². The predicted molar refractivity (Wildman–Crippen MR) is 59.4 cm³/mol. The summed E-state index contributed by atoms with van der Waals surface area (Å²) < 4.78 is 10.8. The largest absolute Gasteiger partial charge is 0.349 e. The van der Waals surface area contributed by atoms with Crippen LogP contribution in [0, 0.1) is 5.92 Å². The van der Waals surface area contributed by atoms with Gasteiger partial charge in [-0.2, -0.15) is 13.5 Å². The fourth-order valence-electron chi connectivity index (χ4n) is 1.88. The summed E-state index contributed by atoms with van der Waals surface area (Å²) in [5.41, 5.74) is 0. The molecule has 2 fully saturated rings. The van der Waals surface area contributed by atoms with Crippen LogP contribution in [0.15, 0.2) is 0 Å². The highest BCUT2D eigenvalue weighted by atomic mass is 32.1. The Labute approximate surface area is 88.4 Å². The van der Waals surface area contributed by atoms with E-state index < -0.39 is 0 Å². The molecule has 1 heterocycles. The first-order chi connectivity index (χ1) is 5.86. The molecule has 2 nitrogen and oxygen atoms in total. The zero-order valence-electron chi connectivity index (χ0n) is 8.88. The molecule has 3 heteroatoms. The summed E-state index contributed by atoms with van der Waals surface area (Å²) in [6.07, 6.45) is 4.56. The second-order valence-corrected chi connectivity index (χ2v) is 3.45. The van der Waals surface area contributed by atoms with Crippen LogP contribution in [0.4, 0.5) is 0 Å². The first kappa shape index (κ1) is 13.3. The van der Waals surface area contributed by atoms with Gasteiger partial charge in [-0.25, -0.2) is 0 Å². The predicted octanol–water partition coefficient (Wildman–Crippen LogP) is 2.69. The third-order valence-corrected chi connectivity index (χ3v) is 2.56. The SMILES string of the molecule is CC.CC1CCC2OCOC2C1.S. The Morgan fingerprint density at radius 2 is 1.62 bits per heavy atom.